The third kappa shape index (κ3) is 6.35. The van der Waals surface area contributed by atoms with Crippen LogP contribution < -0.4 is 14.8 Å². The van der Waals surface area contributed by atoms with Crippen molar-refractivity contribution in [2.24, 2.45) is 0 Å². The lowest BCUT2D eigenvalue weighted by Gasteiger charge is -2.13. The van der Waals surface area contributed by atoms with Gasteiger partial charge in [-0.15, -0.1) is 0 Å². The van der Waals surface area contributed by atoms with Gasteiger partial charge in [-0.05, 0) is 77.9 Å². The second-order valence-corrected chi connectivity index (χ2v) is 9.92. The number of anilines is 1. The Kier molecular flexibility index (Phi) is 8.12. The van der Waals surface area contributed by atoms with E-state index in [0.717, 1.165) is 32.3 Å². The highest BCUT2D eigenvalue weighted by Gasteiger charge is 2.36. The monoisotopic (exact) mass is 566 g/mol. The molecule has 0 spiro atoms. The Bertz CT molecular complexity index is 1340. The lowest BCUT2D eigenvalue weighted by molar-refractivity contribution is -0.127. The van der Waals surface area contributed by atoms with E-state index < -0.39 is 17.1 Å². The van der Waals surface area contributed by atoms with Gasteiger partial charge in [0.2, 0.25) is 5.91 Å². The van der Waals surface area contributed by atoms with Crippen molar-refractivity contribution >= 4 is 56.5 Å². The highest BCUT2D eigenvalue weighted by Crippen LogP contribution is 2.34. The maximum atomic E-state index is 12.8. The van der Waals surface area contributed by atoms with Gasteiger partial charge in [0.1, 0.15) is 13.2 Å². The van der Waals surface area contributed by atoms with Gasteiger partial charge in [0, 0.05) is 10.2 Å². The van der Waals surface area contributed by atoms with E-state index in [9.17, 15) is 14.4 Å². The van der Waals surface area contributed by atoms with Gasteiger partial charge in [0.25, 0.3) is 11.1 Å². The standard InChI is InChI=1S/C27H23BrN2O5S/c1-17-4-3-5-21(12-17)29-25(31)15-30-26(32)24(36-27(30)33)14-19-8-11-22(23(13-19)34-2)35-16-18-6-9-20(28)10-7-18/h3-14H,15-16H2,1-2H3,(H,29,31)/b24-14-. The Labute approximate surface area is 221 Å². The van der Waals surface area contributed by atoms with E-state index in [1.54, 1.807) is 30.3 Å². The number of methoxy groups -OCH3 is 1. The number of hydrogen-bond acceptors (Lipinski definition) is 6. The molecule has 0 saturated carbocycles. The smallest absolute Gasteiger partial charge is 0.294 e. The van der Waals surface area contributed by atoms with E-state index in [1.807, 2.05) is 49.4 Å². The van der Waals surface area contributed by atoms with Crippen molar-refractivity contribution in [3.63, 3.8) is 0 Å². The molecule has 0 aliphatic carbocycles. The zero-order chi connectivity index (χ0) is 25.7. The highest BCUT2D eigenvalue weighted by molar-refractivity contribution is 9.10. The minimum Gasteiger partial charge on any atom is -0.493 e. The molecule has 7 nitrogen and oxygen atoms in total. The molecule has 1 aliphatic heterocycles. The topological polar surface area (TPSA) is 84.9 Å². The largest absolute Gasteiger partial charge is 0.493 e. The molecule has 3 aromatic rings. The van der Waals surface area contributed by atoms with Crippen LogP contribution in [0.15, 0.2) is 76.1 Å². The van der Waals surface area contributed by atoms with Crippen molar-refractivity contribution < 1.29 is 23.9 Å². The van der Waals surface area contributed by atoms with Gasteiger partial charge in [-0.2, -0.15) is 0 Å². The molecule has 1 saturated heterocycles. The number of imide groups is 1. The number of benzene rings is 3. The van der Waals surface area contributed by atoms with Crippen LogP contribution in [0, 0.1) is 6.92 Å². The molecule has 0 bridgehead atoms. The van der Waals surface area contributed by atoms with E-state index in [0.29, 0.717) is 29.4 Å². The van der Waals surface area contributed by atoms with Crippen molar-refractivity contribution in [1.82, 2.24) is 4.90 Å². The summed E-state index contributed by atoms with van der Waals surface area (Å²) in [5, 5.41) is 2.22. The van der Waals surface area contributed by atoms with E-state index in [-0.39, 0.29) is 11.4 Å². The second-order valence-electron chi connectivity index (χ2n) is 8.01. The van der Waals surface area contributed by atoms with E-state index in [4.69, 9.17) is 9.47 Å². The SMILES string of the molecule is COc1cc(/C=C2\SC(=O)N(CC(=O)Nc3cccc(C)c3)C2=O)ccc1OCc1ccc(Br)cc1. The van der Waals surface area contributed by atoms with Crippen LogP contribution in [-0.2, 0) is 16.2 Å². The lowest BCUT2D eigenvalue weighted by atomic mass is 10.1. The number of amides is 3. The number of halogens is 1. The van der Waals surface area contributed by atoms with Crippen molar-refractivity contribution in [3.8, 4) is 11.5 Å². The molecule has 1 N–H and O–H groups in total. The van der Waals surface area contributed by atoms with Crippen molar-refractivity contribution in [2.75, 3.05) is 19.0 Å². The molecular formula is C27H23BrN2O5S. The number of nitrogens with zero attached hydrogens (tertiary/aromatic N) is 1. The zero-order valence-corrected chi connectivity index (χ0v) is 22.0. The molecule has 0 atom stereocenters. The maximum Gasteiger partial charge on any atom is 0.294 e. The molecular weight excluding hydrogens is 544 g/mol. The van der Waals surface area contributed by atoms with Crippen molar-refractivity contribution in [1.29, 1.82) is 0 Å². The summed E-state index contributed by atoms with van der Waals surface area (Å²) in [5.41, 5.74) is 3.26. The molecule has 0 aromatic heterocycles. The molecule has 9 heteroatoms. The number of carbonyl (C=O) groups excluding carboxylic acids is 3. The average molecular weight is 567 g/mol. The fourth-order valence-corrected chi connectivity index (χ4v) is 4.59. The number of aryl methyl sites for hydroxylation is 1. The van der Waals surface area contributed by atoms with Gasteiger partial charge in [-0.25, -0.2) is 0 Å². The molecule has 1 fully saturated rings. The first-order chi connectivity index (χ1) is 17.3. The Morgan fingerprint density at radius 2 is 1.83 bits per heavy atom. The first-order valence-electron chi connectivity index (χ1n) is 11.0. The summed E-state index contributed by atoms with van der Waals surface area (Å²) < 4.78 is 12.3. The van der Waals surface area contributed by atoms with Gasteiger partial charge >= 0.3 is 0 Å². The van der Waals surface area contributed by atoms with Crippen LogP contribution in [0.1, 0.15) is 16.7 Å². The summed E-state index contributed by atoms with van der Waals surface area (Å²) in [4.78, 5) is 38.9. The molecule has 4 rings (SSSR count). The van der Waals surface area contributed by atoms with Gasteiger partial charge in [0.05, 0.1) is 12.0 Å². The van der Waals surface area contributed by atoms with Crippen LogP contribution in [0.2, 0.25) is 0 Å². The molecule has 36 heavy (non-hydrogen) atoms. The van der Waals surface area contributed by atoms with E-state index in [2.05, 4.69) is 21.2 Å². The number of nitrogens with one attached hydrogen (secondary N) is 1. The van der Waals surface area contributed by atoms with Crippen molar-refractivity contribution in [3.05, 3.63) is 92.8 Å². The normalized spacial score (nSPS) is 14.3. The zero-order valence-electron chi connectivity index (χ0n) is 19.6. The lowest BCUT2D eigenvalue weighted by Crippen LogP contribution is -2.36. The predicted molar refractivity (Wildman–Crippen MR) is 144 cm³/mol. The number of rotatable bonds is 8. The average Bonchev–Trinajstić information content (AvgIpc) is 3.11. The van der Waals surface area contributed by atoms with Gasteiger partial charge < -0.3 is 14.8 Å². The Balaban J connectivity index is 1.42. The summed E-state index contributed by atoms with van der Waals surface area (Å²) in [6, 6.07) is 20.4. The Morgan fingerprint density at radius 1 is 1.06 bits per heavy atom. The van der Waals surface area contributed by atoms with Crippen LogP contribution in [0.4, 0.5) is 10.5 Å². The molecule has 0 radical (unpaired) electrons. The number of thioether (sulfide) groups is 1. The van der Waals surface area contributed by atoms with Crippen LogP contribution in [-0.4, -0.2) is 35.6 Å². The highest BCUT2D eigenvalue weighted by atomic mass is 79.9. The first-order valence-corrected chi connectivity index (χ1v) is 12.6. The maximum absolute atomic E-state index is 12.8. The van der Waals surface area contributed by atoms with Gasteiger partial charge in [-0.1, -0.05) is 46.3 Å². The molecule has 0 unspecified atom stereocenters. The number of ether oxygens (including phenoxy) is 2. The fourth-order valence-electron chi connectivity index (χ4n) is 3.49. The predicted octanol–water partition coefficient (Wildman–Crippen LogP) is 6.02. The summed E-state index contributed by atoms with van der Waals surface area (Å²) in [5.74, 6) is 0.0909. The minimum atomic E-state index is -0.515. The van der Waals surface area contributed by atoms with Crippen LogP contribution in [0.3, 0.4) is 0 Å². The summed E-state index contributed by atoms with van der Waals surface area (Å²) >= 11 is 4.21. The van der Waals surface area contributed by atoms with E-state index >= 15 is 0 Å². The number of hydrogen-bond donors (Lipinski definition) is 1. The molecule has 1 heterocycles. The van der Waals surface area contributed by atoms with Crippen molar-refractivity contribution in [2.45, 2.75) is 13.5 Å². The molecule has 3 amide bonds. The van der Waals surface area contributed by atoms with E-state index in [1.165, 1.54) is 7.11 Å². The molecule has 3 aromatic carbocycles. The quantitative estimate of drug-likeness (QED) is 0.335. The van der Waals surface area contributed by atoms with Crippen LogP contribution >= 0.6 is 27.7 Å². The fraction of sp³-hybridized carbons (Fsp3) is 0.148. The first kappa shape index (κ1) is 25.5. The minimum absolute atomic E-state index is 0.230. The summed E-state index contributed by atoms with van der Waals surface area (Å²) in [6.45, 7) is 1.92. The Morgan fingerprint density at radius 3 is 2.56 bits per heavy atom. The summed E-state index contributed by atoms with van der Waals surface area (Å²) in [6.07, 6.45) is 1.60. The third-order valence-corrected chi connectivity index (χ3v) is 6.71. The van der Waals surface area contributed by atoms with Gasteiger partial charge in [0.15, 0.2) is 11.5 Å². The Hall–Kier alpha value is -3.56. The second kappa shape index (κ2) is 11.5. The van der Waals surface area contributed by atoms with Gasteiger partial charge in [-0.3, -0.25) is 19.3 Å². The third-order valence-electron chi connectivity index (χ3n) is 5.27. The molecule has 184 valence electrons. The summed E-state index contributed by atoms with van der Waals surface area (Å²) in [7, 11) is 1.53. The van der Waals surface area contributed by atoms with Crippen LogP contribution in [0.5, 0.6) is 11.5 Å². The number of carbonyl (C=O) groups is 3. The molecule has 1 aliphatic rings. The van der Waals surface area contributed by atoms with Crippen LogP contribution in [0.25, 0.3) is 6.08 Å².